The molecular weight excluding hydrogens is 347 g/mol. The van der Waals surface area contributed by atoms with Crippen LogP contribution in [0.25, 0.3) is 0 Å². The number of benzene rings is 2. The Morgan fingerprint density at radius 1 is 1.25 bits per heavy atom. The maximum Gasteiger partial charge on any atom is 0.130 e. The van der Waals surface area contributed by atoms with Crippen LogP contribution in [-0.2, 0) is 0 Å². The van der Waals surface area contributed by atoms with E-state index in [9.17, 15) is 9.50 Å². The van der Waals surface area contributed by atoms with Gasteiger partial charge in [-0.3, -0.25) is 0 Å². The molecule has 1 N–H and O–H groups in total. The summed E-state index contributed by atoms with van der Waals surface area (Å²) in [5.41, 5.74) is 1.61. The normalized spacial score (nSPS) is 12.3. The fraction of sp³-hybridized carbons (Fsp3) is 0.200. The highest BCUT2D eigenvalue weighted by atomic mass is 79.9. The third kappa shape index (κ3) is 2.97. The second-order valence-electron chi connectivity index (χ2n) is 4.41. The van der Waals surface area contributed by atoms with Crippen molar-refractivity contribution in [2.75, 3.05) is 7.11 Å². The molecule has 1 atom stereocenters. The highest BCUT2D eigenvalue weighted by Gasteiger charge is 2.20. The third-order valence-corrected chi connectivity index (χ3v) is 4.15. The smallest absolute Gasteiger partial charge is 0.130 e. The van der Waals surface area contributed by atoms with Gasteiger partial charge in [-0.2, -0.15) is 0 Å². The van der Waals surface area contributed by atoms with E-state index in [4.69, 9.17) is 16.3 Å². The molecule has 0 saturated heterocycles. The van der Waals surface area contributed by atoms with Crippen LogP contribution in [0.2, 0.25) is 5.02 Å². The third-order valence-electron chi connectivity index (χ3n) is 3.06. The molecule has 5 heteroatoms. The van der Waals surface area contributed by atoms with E-state index in [1.54, 1.807) is 18.2 Å². The van der Waals surface area contributed by atoms with Crippen molar-refractivity contribution in [2.45, 2.75) is 13.0 Å². The summed E-state index contributed by atoms with van der Waals surface area (Å²) < 4.78 is 20.0. The first kappa shape index (κ1) is 15.3. The second-order valence-corrected chi connectivity index (χ2v) is 5.70. The summed E-state index contributed by atoms with van der Waals surface area (Å²) in [6, 6.07) is 7.70. The molecule has 0 heterocycles. The minimum Gasteiger partial charge on any atom is -0.496 e. The van der Waals surface area contributed by atoms with E-state index < -0.39 is 11.9 Å². The lowest BCUT2D eigenvalue weighted by Gasteiger charge is -2.17. The molecule has 0 aliphatic carbocycles. The Morgan fingerprint density at radius 3 is 2.55 bits per heavy atom. The molecule has 0 fully saturated rings. The maximum atomic E-state index is 13.9. The Morgan fingerprint density at radius 2 is 1.95 bits per heavy atom. The lowest BCUT2D eigenvalue weighted by Crippen LogP contribution is -2.05. The molecule has 0 bridgehead atoms. The van der Waals surface area contributed by atoms with E-state index in [-0.39, 0.29) is 10.6 Å². The highest BCUT2D eigenvalue weighted by Crippen LogP contribution is 2.35. The monoisotopic (exact) mass is 358 g/mol. The Hall–Kier alpha value is -1.10. The number of ether oxygens (including phenoxy) is 1. The standard InChI is InChI=1S/C15H13BrClFO2/c1-8-5-14(20-2)11(7-12(8)16)15(19)10-4-3-9(17)6-13(10)18/h3-7,15,19H,1-2H3. The van der Waals surface area contributed by atoms with Crippen LogP contribution in [-0.4, -0.2) is 12.2 Å². The first-order valence-corrected chi connectivity index (χ1v) is 7.08. The van der Waals surface area contributed by atoms with E-state index in [0.29, 0.717) is 11.3 Å². The van der Waals surface area contributed by atoms with Gasteiger partial charge in [0.05, 0.1) is 7.11 Å². The summed E-state index contributed by atoms with van der Waals surface area (Å²) >= 11 is 9.12. The van der Waals surface area contributed by atoms with Crippen molar-refractivity contribution in [3.8, 4) is 5.75 Å². The molecule has 0 radical (unpaired) electrons. The van der Waals surface area contributed by atoms with Gasteiger partial charge in [-0.05, 0) is 36.8 Å². The fourth-order valence-corrected chi connectivity index (χ4v) is 2.47. The van der Waals surface area contributed by atoms with Crippen molar-refractivity contribution in [2.24, 2.45) is 0 Å². The summed E-state index contributed by atoms with van der Waals surface area (Å²) in [5, 5.41) is 10.7. The van der Waals surface area contributed by atoms with Crippen LogP contribution in [0.3, 0.4) is 0 Å². The molecule has 2 nitrogen and oxygen atoms in total. The van der Waals surface area contributed by atoms with E-state index in [2.05, 4.69) is 15.9 Å². The summed E-state index contributed by atoms with van der Waals surface area (Å²) in [6.07, 6.45) is -1.13. The summed E-state index contributed by atoms with van der Waals surface area (Å²) in [5.74, 6) is -0.0451. The molecule has 0 aromatic heterocycles. The van der Waals surface area contributed by atoms with Crippen LogP contribution in [0.4, 0.5) is 4.39 Å². The van der Waals surface area contributed by atoms with Gasteiger partial charge in [-0.1, -0.05) is 33.6 Å². The van der Waals surface area contributed by atoms with Crippen molar-refractivity contribution in [1.82, 2.24) is 0 Å². The Kier molecular flexibility index (Phi) is 4.68. The topological polar surface area (TPSA) is 29.5 Å². The maximum absolute atomic E-state index is 13.9. The van der Waals surface area contributed by atoms with Crippen LogP contribution in [0.5, 0.6) is 5.75 Å². The van der Waals surface area contributed by atoms with E-state index >= 15 is 0 Å². The number of aryl methyl sites for hydroxylation is 1. The predicted octanol–water partition coefficient (Wildman–Crippen LogP) is 4.64. The molecule has 2 rings (SSSR count). The first-order chi connectivity index (χ1) is 9.43. The minimum absolute atomic E-state index is 0.156. The van der Waals surface area contributed by atoms with Crippen molar-refractivity contribution >= 4 is 27.5 Å². The van der Waals surface area contributed by atoms with Gasteiger partial charge < -0.3 is 9.84 Å². The average Bonchev–Trinajstić information content (AvgIpc) is 2.40. The lowest BCUT2D eigenvalue weighted by molar-refractivity contribution is 0.209. The number of halogens is 3. The number of aliphatic hydroxyl groups is 1. The largest absolute Gasteiger partial charge is 0.496 e. The molecule has 0 aliphatic heterocycles. The van der Waals surface area contributed by atoms with Crippen molar-refractivity contribution in [3.05, 3.63) is 62.3 Å². The molecule has 0 amide bonds. The van der Waals surface area contributed by atoms with Crippen LogP contribution in [0.15, 0.2) is 34.8 Å². The molecular formula is C15H13BrClFO2. The van der Waals surface area contributed by atoms with E-state index in [1.165, 1.54) is 19.2 Å². The van der Waals surface area contributed by atoms with Gasteiger partial charge in [-0.15, -0.1) is 0 Å². The molecule has 106 valence electrons. The van der Waals surface area contributed by atoms with Crippen LogP contribution < -0.4 is 4.74 Å². The Balaban J connectivity index is 2.52. The molecule has 2 aromatic carbocycles. The van der Waals surface area contributed by atoms with Crippen LogP contribution in [0.1, 0.15) is 22.8 Å². The zero-order valence-corrected chi connectivity index (χ0v) is 13.3. The zero-order valence-electron chi connectivity index (χ0n) is 11.0. The number of hydrogen-bond donors (Lipinski definition) is 1. The molecule has 1 unspecified atom stereocenters. The first-order valence-electron chi connectivity index (χ1n) is 5.91. The zero-order chi connectivity index (χ0) is 14.9. The molecule has 20 heavy (non-hydrogen) atoms. The van der Waals surface area contributed by atoms with Gasteiger partial charge in [0.25, 0.3) is 0 Å². The molecule has 0 spiro atoms. The second kappa shape index (κ2) is 6.12. The Labute approximate surface area is 130 Å². The van der Waals surface area contributed by atoms with Gasteiger partial charge >= 0.3 is 0 Å². The highest BCUT2D eigenvalue weighted by molar-refractivity contribution is 9.10. The average molecular weight is 360 g/mol. The SMILES string of the molecule is COc1cc(C)c(Br)cc1C(O)c1ccc(Cl)cc1F. The van der Waals surface area contributed by atoms with Crippen molar-refractivity contribution in [1.29, 1.82) is 0 Å². The van der Waals surface area contributed by atoms with Crippen molar-refractivity contribution < 1.29 is 14.2 Å². The fourth-order valence-electron chi connectivity index (χ4n) is 1.95. The Bertz CT molecular complexity index is 646. The number of hydrogen-bond acceptors (Lipinski definition) is 2. The predicted molar refractivity (Wildman–Crippen MR) is 80.9 cm³/mol. The van der Waals surface area contributed by atoms with Crippen LogP contribution in [0, 0.1) is 12.7 Å². The van der Waals surface area contributed by atoms with E-state index in [1.807, 2.05) is 6.92 Å². The van der Waals surface area contributed by atoms with Gasteiger partial charge in [0.15, 0.2) is 0 Å². The quantitative estimate of drug-likeness (QED) is 0.865. The lowest BCUT2D eigenvalue weighted by atomic mass is 9.99. The van der Waals surface area contributed by atoms with Gasteiger partial charge in [0.2, 0.25) is 0 Å². The van der Waals surface area contributed by atoms with Gasteiger partial charge in [0, 0.05) is 20.6 Å². The molecule has 2 aromatic rings. The van der Waals surface area contributed by atoms with Gasteiger partial charge in [-0.25, -0.2) is 4.39 Å². The van der Waals surface area contributed by atoms with Crippen LogP contribution >= 0.6 is 27.5 Å². The number of methoxy groups -OCH3 is 1. The van der Waals surface area contributed by atoms with Crippen molar-refractivity contribution in [3.63, 3.8) is 0 Å². The van der Waals surface area contributed by atoms with E-state index in [0.717, 1.165) is 10.0 Å². The van der Waals surface area contributed by atoms with Gasteiger partial charge in [0.1, 0.15) is 17.7 Å². The molecule has 0 saturated carbocycles. The number of aliphatic hydroxyl groups excluding tert-OH is 1. The number of rotatable bonds is 3. The summed E-state index contributed by atoms with van der Waals surface area (Å²) in [6.45, 7) is 1.91. The summed E-state index contributed by atoms with van der Waals surface area (Å²) in [7, 11) is 1.51. The molecule has 0 aliphatic rings. The minimum atomic E-state index is -1.13. The summed E-state index contributed by atoms with van der Waals surface area (Å²) in [4.78, 5) is 0.